The maximum absolute atomic E-state index is 13.0. The van der Waals surface area contributed by atoms with Crippen LogP contribution in [0, 0.1) is 11.7 Å². The van der Waals surface area contributed by atoms with Crippen molar-refractivity contribution in [2.24, 2.45) is 5.92 Å². The molecule has 1 aromatic heterocycles. The molecular weight excluding hydrogens is 415 g/mol. The first kappa shape index (κ1) is 24.3. The number of ether oxygens (including phenoxy) is 1. The molecule has 0 aliphatic carbocycles. The molecule has 0 spiro atoms. The molecule has 0 bridgehead atoms. The first-order chi connectivity index (χ1) is 15.4. The van der Waals surface area contributed by atoms with Crippen LogP contribution in [-0.4, -0.2) is 77.8 Å². The number of halogens is 1. The van der Waals surface area contributed by atoms with Gasteiger partial charge in [-0.25, -0.2) is 9.37 Å². The Morgan fingerprint density at radius 1 is 1.19 bits per heavy atom. The topological polar surface area (TPSA) is 91.1 Å². The van der Waals surface area contributed by atoms with Crippen LogP contribution >= 0.6 is 0 Å². The van der Waals surface area contributed by atoms with Gasteiger partial charge < -0.3 is 19.6 Å². The van der Waals surface area contributed by atoms with E-state index in [4.69, 9.17) is 9.15 Å². The average Bonchev–Trinajstić information content (AvgIpc) is 3.23. The highest BCUT2D eigenvalue weighted by Gasteiger charge is 2.21. The van der Waals surface area contributed by atoms with E-state index in [1.54, 1.807) is 12.1 Å². The van der Waals surface area contributed by atoms with Crippen molar-refractivity contribution in [3.63, 3.8) is 0 Å². The third kappa shape index (κ3) is 7.98. The van der Waals surface area contributed by atoms with E-state index in [0.717, 1.165) is 31.7 Å². The Labute approximate surface area is 188 Å². The molecule has 9 heteroatoms. The molecule has 3 rings (SSSR count). The lowest BCUT2D eigenvalue weighted by atomic mass is 10.2. The van der Waals surface area contributed by atoms with Crippen molar-refractivity contribution in [3.05, 3.63) is 53.5 Å². The predicted molar refractivity (Wildman–Crippen MR) is 117 cm³/mol. The maximum atomic E-state index is 13.0. The van der Waals surface area contributed by atoms with Crippen LogP contribution in [0.2, 0.25) is 0 Å². The van der Waals surface area contributed by atoms with Crippen LogP contribution in [0.1, 0.15) is 35.8 Å². The predicted octanol–water partition coefficient (Wildman–Crippen LogP) is 1.89. The molecule has 1 saturated heterocycles. The molecule has 2 heterocycles. The second-order valence-corrected chi connectivity index (χ2v) is 8.60. The Balaban J connectivity index is 1.36. The highest BCUT2D eigenvalue weighted by molar-refractivity contribution is 5.91. The number of piperazine rings is 1. The first-order valence-corrected chi connectivity index (χ1v) is 11.1. The van der Waals surface area contributed by atoms with E-state index in [2.05, 4.69) is 33.9 Å². The Morgan fingerprint density at radius 2 is 1.88 bits per heavy atom. The number of nitrogens with one attached hydrogen (secondary N) is 1. The molecule has 0 unspecified atom stereocenters. The fourth-order valence-corrected chi connectivity index (χ4v) is 3.47. The summed E-state index contributed by atoms with van der Waals surface area (Å²) in [4.78, 5) is 21.0. The van der Waals surface area contributed by atoms with Gasteiger partial charge >= 0.3 is 0 Å². The summed E-state index contributed by atoms with van der Waals surface area (Å²) in [6.45, 7) is 9.95. The summed E-state index contributed by atoms with van der Waals surface area (Å²) in [6, 6.07) is 5.97. The highest BCUT2D eigenvalue weighted by atomic mass is 19.1. The normalized spacial score (nSPS) is 16.4. The van der Waals surface area contributed by atoms with Gasteiger partial charge in [0.05, 0.1) is 19.3 Å². The number of aliphatic hydroxyl groups is 1. The molecule has 1 amide bonds. The van der Waals surface area contributed by atoms with Gasteiger partial charge in [0.2, 0.25) is 5.89 Å². The smallest absolute Gasteiger partial charge is 0.273 e. The Kier molecular flexibility index (Phi) is 9.16. The number of β-amino-alcohol motifs (C(OH)–C–C–N with tert-alkyl or cyclic N) is 1. The fourth-order valence-electron chi connectivity index (χ4n) is 3.47. The van der Waals surface area contributed by atoms with Gasteiger partial charge in [0.15, 0.2) is 5.69 Å². The second kappa shape index (κ2) is 12.1. The minimum absolute atomic E-state index is 0.227. The lowest BCUT2D eigenvalue weighted by Crippen LogP contribution is -2.48. The van der Waals surface area contributed by atoms with Crippen molar-refractivity contribution < 1.29 is 23.4 Å². The molecule has 1 aromatic carbocycles. The quantitative estimate of drug-likeness (QED) is 0.543. The standard InChI is InChI=1S/C23H33FN4O4/c1-17(2)14-31-15-20(29)12-27-7-9-28(10-8-27)13-22-26-21(16-32-22)23(30)25-11-18-3-5-19(24)6-4-18/h3-6,16-17,20,29H,7-15H2,1-2H3,(H,25,30)/t20-/m1/s1. The molecule has 0 radical (unpaired) electrons. The largest absolute Gasteiger partial charge is 0.447 e. The number of hydrogen-bond donors (Lipinski definition) is 2. The number of carbonyl (C=O) groups is 1. The van der Waals surface area contributed by atoms with Gasteiger partial charge in [-0.2, -0.15) is 0 Å². The zero-order chi connectivity index (χ0) is 22.9. The molecule has 0 saturated carbocycles. The minimum Gasteiger partial charge on any atom is -0.447 e. The highest BCUT2D eigenvalue weighted by Crippen LogP contribution is 2.10. The zero-order valence-corrected chi connectivity index (χ0v) is 18.8. The summed E-state index contributed by atoms with van der Waals surface area (Å²) in [5, 5.41) is 12.9. The van der Waals surface area contributed by atoms with Crippen molar-refractivity contribution in [2.75, 3.05) is 45.9 Å². The van der Waals surface area contributed by atoms with Crippen LogP contribution in [0.15, 0.2) is 34.9 Å². The average molecular weight is 449 g/mol. The number of aliphatic hydroxyl groups excluding tert-OH is 1. The maximum Gasteiger partial charge on any atom is 0.273 e. The molecule has 1 fully saturated rings. The van der Waals surface area contributed by atoms with Crippen LogP contribution in [-0.2, 0) is 17.8 Å². The van der Waals surface area contributed by atoms with E-state index in [0.29, 0.717) is 38.1 Å². The zero-order valence-electron chi connectivity index (χ0n) is 18.8. The van der Waals surface area contributed by atoms with Crippen LogP contribution in [0.25, 0.3) is 0 Å². The molecule has 1 atom stereocenters. The van der Waals surface area contributed by atoms with E-state index in [1.165, 1.54) is 18.4 Å². The fraction of sp³-hybridized carbons (Fsp3) is 0.565. The van der Waals surface area contributed by atoms with Gasteiger partial charge in [-0.3, -0.25) is 14.6 Å². The number of carbonyl (C=O) groups excluding carboxylic acids is 1. The third-order valence-electron chi connectivity index (χ3n) is 5.20. The van der Waals surface area contributed by atoms with E-state index >= 15 is 0 Å². The summed E-state index contributed by atoms with van der Waals surface area (Å²) in [6.07, 6.45) is 0.877. The molecule has 1 aliphatic heterocycles. The first-order valence-electron chi connectivity index (χ1n) is 11.1. The minimum atomic E-state index is -0.483. The number of oxazole rings is 1. The SMILES string of the molecule is CC(C)COC[C@H](O)CN1CCN(Cc2nc(C(=O)NCc3ccc(F)cc3)co2)CC1. The second-order valence-electron chi connectivity index (χ2n) is 8.60. The number of nitrogens with zero attached hydrogens (tertiary/aromatic N) is 3. The Morgan fingerprint density at radius 3 is 2.56 bits per heavy atom. The van der Waals surface area contributed by atoms with Crippen molar-refractivity contribution in [1.82, 2.24) is 20.1 Å². The summed E-state index contributed by atoms with van der Waals surface area (Å²) in [5.41, 5.74) is 1.03. The number of benzene rings is 1. The summed E-state index contributed by atoms with van der Waals surface area (Å²) in [7, 11) is 0. The lowest BCUT2D eigenvalue weighted by Gasteiger charge is -2.34. The number of rotatable bonds is 11. The number of hydrogen-bond acceptors (Lipinski definition) is 7. The summed E-state index contributed by atoms with van der Waals surface area (Å²) in [5.74, 6) is 0.312. The van der Waals surface area contributed by atoms with Gasteiger partial charge in [0, 0.05) is 45.9 Å². The van der Waals surface area contributed by atoms with Crippen molar-refractivity contribution in [1.29, 1.82) is 0 Å². The van der Waals surface area contributed by atoms with E-state index in [1.807, 2.05) is 0 Å². The van der Waals surface area contributed by atoms with Crippen molar-refractivity contribution in [3.8, 4) is 0 Å². The molecule has 32 heavy (non-hydrogen) atoms. The summed E-state index contributed by atoms with van der Waals surface area (Å²) >= 11 is 0. The van der Waals surface area contributed by atoms with Gasteiger partial charge in [-0.15, -0.1) is 0 Å². The molecule has 1 aliphatic rings. The number of amides is 1. The lowest BCUT2D eigenvalue weighted by molar-refractivity contribution is -0.000850. The van der Waals surface area contributed by atoms with Gasteiger partial charge in [-0.1, -0.05) is 26.0 Å². The molecule has 8 nitrogen and oxygen atoms in total. The van der Waals surface area contributed by atoms with Gasteiger partial charge in [-0.05, 0) is 23.6 Å². The Bertz CT molecular complexity index is 835. The van der Waals surface area contributed by atoms with Gasteiger partial charge in [0.25, 0.3) is 5.91 Å². The van der Waals surface area contributed by atoms with Crippen LogP contribution in [0.3, 0.4) is 0 Å². The monoisotopic (exact) mass is 448 g/mol. The summed E-state index contributed by atoms with van der Waals surface area (Å²) < 4.78 is 23.9. The van der Waals surface area contributed by atoms with Crippen LogP contribution in [0.5, 0.6) is 0 Å². The number of aromatic nitrogens is 1. The molecule has 2 N–H and O–H groups in total. The van der Waals surface area contributed by atoms with Crippen molar-refractivity contribution in [2.45, 2.75) is 33.0 Å². The van der Waals surface area contributed by atoms with Crippen molar-refractivity contribution >= 4 is 5.91 Å². The van der Waals surface area contributed by atoms with Crippen LogP contribution in [0.4, 0.5) is 4.39 Å². The molecule has 2 aromatic rings. The van der Waals surface area contributed by atoms with Gasteiger partial charge in [0.1, 0.15) is 12.1 Å². The Hall–Kier alpha value is -2.33. The van der Waals surface area contributed by atoms with E-state index < -0.39 is 6.10 Å². The molecule has 176 valence electrons. The van der Waals surface area contributed by atoms with E-state index in [9.17, 15) is 14.3 Å². The third-order valence-corrected chi connectivity index (χ3v) is 5.20. The van der Waals surface area contributed by atoms with E-state index in [-0.39, 0.29) is 24.0 Å². The molecular formula is C23H33FN4O4. The van der Waals surface area contributed by atoms with Crippen LogP contribution < -0.4 is 5.32 Å².